The van der Waals surface area contributed by atoms with Gasteiger partial charge in [0.05, 0.1) is 28.9 Å². The summed E-state index contributed by atoms with van der Waals surface area (Å²) in [6.07, 6.45) is 1.47. The number of hydrazone groups is 1. The van der Waals surface area contributed by atoms with Crippen LogP contribution in [0.1, 0.15) is 17.5 Å². The zero-order chi connectivity index (χ0) is 19.7. The maximum absolute atomic E-state index is 13.0. The molecular weight excluding hydrogens is 365 g/mol. The molecule has 1 aliphatic heterocycles. The van der Waals surface area contributed by atoms with Crippen molar-refractivity contribution in [1.82, 2.24) is 9.78 Å². The van der Waals surface area contributed by atoms with Crippen LogP contribution in [-0.2, 0) is 13.2 Å². The Morgan fingerprint density at radius 1 is 1.00 bits per heavy atom. The Kier molecular flexibility index (Phi) is 4.50. The fourth-order valence-electron chi connectivity index (χ4n) is 3.19. The molecule has 2 aromatic carbocycles. The molecule has 0 aliphatic carbocycles. The van der Waals surface area contributed by atoms with Crippen LogP contribution >= 0.6 is 0 Å². The molecule has 28 heavy (non-hydrogen) atoms. The highest BCUT2D eigenvalue weighted by atomic mass is 19.4. The predicted molar refractivity (Wildman–Crippen MR) is 103 cm³/mol. The van der Waals surface area contributed by atoms with Crippen molar-refractivity contribution in [3.05, 3.63) is 84.2 Å². The second kappa shape index (κ2) is 6.99. The molecule has 1 aromatic heterocycles. The van der Waals surface area contributed by atoms with Gasteiger partial charge in [0.15, 0.2) is 0 Å². The Morgan fingerprint density at radius 3 is 2.54 bits per heavy atom. The molecule has 0 N–H and O–H groups in total. The van der Waals surface area contributed by atoms with Crippen LogP contribution < -0.4 is 5.01 Å². The second-order valence-corrected chi connectivity index (χ2v) is 6.42. The summed E-state index contributed by atoms with van der Waals surface area (Å²) in [6, 6.07) is 15.0. The molecule has 0 radical (unpaired) electrons. The third-order valence-corrected chi connectivity index (χ3v) is 4.52. The number of allylic oxidation sites excluding steroid dienone is 1. The van der Waals surface area contributed by atoms with E-state index in [2.05, 4.69) is 10.2 Å². The smallest absolute Gasteiger partial charge is 0.267 e. The lowest BCUT2D eigenvalue weighted by atomic mass is 10.0. The zero-order valence-electron chi connectivity index (χ0n) is 15.1. The van der Waals surface area contributed by atoms with Gasteiger partial charge >= 0.3 is 6.18 Å². The first kappa shape index (κ1) is 18.0. The highest BCUT2D eigenvalue weighted by molar-refractivity contribution is 6.06. The maximum Gasteiger partial charge on any atom is 0.416 e. The number of benzene rings is 2. The molecule has 0 amide bonds. The van der Waals surface area contributed by atoms with Gasteiger partial charge in [-0.3, -0.25) is 4.68 Å². The third-order valence-electron chi connectivity index (χ3n) is 4.52. The van der Waals surface area contributed by atoms with E-state index in [1.807, 2.05) is 43.5 Å². The van der Waals surface area contributed by atoms with E-state index >= 15 is 0 Å². The van der Waals surface area contributed by atoms with Gasteiger partial charge in [0.1, 0.15) is 0 Å². The number of aryl methyl sites for hydroxylation is 1. The van der Waals surface area contributed by atoms with Crippen molar-refractivity contribution in [3.63, 3.8) is 0 Å². The standard InChI is InChI=1S/C21H17F3N4/c1-27-20(15-7-3-2-4-8-15)18(14-25-27)19-11-6-12-28(26-19)17-10-5-9-16(13-17)21(22,23)24/h2-10,12-14H,11H2,1H3. The van der Waals surface area contributed by atoms with Gasteiger partial charge in [-0.15, -0.1) is 0 Å². The summed E-state index contributed by atoms with van der Waals surface area (Å²) in [7, 11) is 1.86. The molecule has 0 saturated heterocycles. The number of anilines is 1. The van der Waals surface area contributed by atoms with Crippen LogP contribution in [0, 0.1) is 0 Å². The van der Waals surface area contributed by atoms with Crippen molar-refractivity contribution in [3.8, 4) is 11.3 Å². The molecule has 0 spiro atoms. The van der Waals surface area contributed by atoms with Crippen LogP contribution in [-0.4, -0.2) is 15.5 Å². The van der Waals surface area contributed by atoms with E-state index in [0.29, 0.717) is 12.1 Å². The first-order chi connectivity index (χ1) is 13.4. The number of nitrogens with zero attached hydrogens (tertiary/aromatic N) is 4. The zero-order valence-corrected chi connectivity index (χ0v) is 15.1. The lowest BCUT2D eigenvalue weighted by Gasteiger charge is -2.21. The Bertz CT molecular complexity index is 1050. The first-order valence-corrected chi connectivity index (χ1v) is 8.72. The molecule has 0 fully saturated rings. The predicted octanol–water partition coefficient (Wildman–Crippen LogP) is 5.23. The number of rotatable bonds is 3. The second-order valence-electron chi connectivity index (χ2n) is 6.42. The summed E-state index contributed by atoms with van der Waals surface area (Å²) in [5.41, 5.74) is 3.17. The molecule has 4 nitrogen and oxygen atoms in total. The quantitative estimate of drug-likeness (QED) is 0.621. The highest BCUT2D eigenvalue weighted by Gasteiger charge is 2.31. The fraction of sp³-hybridized carbons (Fsp3) is 0.143. The van der Waals surface area contributed by atoms with Crippen molar-refractivity contribution in [2.75, 3.05) is 5.01 Å². The van der Waals surface area contributed by atoms with Gasteiger partial charge in [0, 0.05) is 30.8 Å². The fourth-order valence-corrected chi connectivity index (χ4v) is 3.19. The SMILES string of the molecule is Cn1ncc(C2=NN(c3cccc(C(F)(F)F)c3)C=CC2)c1-c1ccccc1. The molecule has 4 rings (SSSR count). The van der Waals surface area contributed by atoms with E-state index < -0.39 is 11.7 Å². The molecule has 7 heteroatoms. The van der Waals surface area contributed by atoms with Gasteiger partial charge in [-0.1, -0.05) is 42.5 Å². The van der Waals surface area contributed by atoms with Gasteiger partial charge in [-0.2, -0.15) is 23.4 Å². The number of halogens is 3. The number of aromatic nitrogens is 2. The van der Waals surface area contributed by atoms with E-state index in [-0.39, 0.29) is 0 Å². The van der Waals surface area contributed by atoms with Crippen LogP contribution in [0.15, 0.2) is 78.2 Å². The summed E-state index contributed by atoms with van der Waals surface area (Å²) in [5.74, 6) is 0. The van der Waals surface area contributed by atoms with Gasteiger partial charge in [-0.25, -0.2) is 5.01 Å². The average Bonchev–Trinajstić information content (AvgIpc) is 3.10. The molecule has 0 atom stereocenters. The van der Waals surface area contributed by atoms with E-state index in [1.165, 1.54) is 11.1 Å². The van der Waals surface area contributed by atoms with Crippen molar-refractivity contribution < 1.29 is 13.2 Å². The number of alkyl halides is 3. The van der Waals surface area contributed by atoms with E-state index in [0.717, 1.165) is 34.7 Å². The number of hydrogen-bond donors (Lipinski definition) is 0. The van der Waals surface area contributed by atoms with Crippen molar-refractivity contribution in [2.24, 2.45) is 12.1 Å². The molecular formula is C21H17F3N4. The van der Waals surface area contributed by atoms with Crippen LogP contribution in [0.25, 0.3) is 11.3 Å². The van der Waals surface area contributed by atoms with Gasteiger partial charge in [0.2, 0.25) is 0 Å². The summed E-state index contributed by atoms with van der Waals surface area (Å²) < 4.78 is 40.9. The lowest BCUT2D eigenvalue weighted by molar-refractivity contribution is -0.137. The molecule has 1 aliphatic rings. The maximum atomic E-state index is 13.0. The summed E-state index contributed by atoms with van der Waals surface area (Å²) in [4.78, 5) is 0. The summed E-state index contributed by atoms with van der Waals surface area (Å²) >= 11 is 0. The van der Waals surface area contributed by atoms with Crippen molar-refractivity contribution in [1.29, 1.82) is 0 Å². The van der Waals surface area contributed by atoms with Crippen LogP contribution in [0.5, 0.6) is 0 Å². The van der Waals surface area contributed by atoms with Crippen molar-refractivity contribution >= 4 is 11.4 Å². The topological polar surface area (TPSA) is 33.4 Å². The molecule has 2 heterocycles. The molecule has 0 bridgehead atoms. The number of hydrogen-bond acceptors (Lipinski definition) is 3. The molecule has 0 saturated carbocycles. The van der Waals surface area contributed by atoms with Crippen LogP contribution in [0.2, 0.25) is 0 Å². The van der Waals surface area contributed by atoms with Gasteiger partial charge < -0.3 is 0 Å². The summed E-state index contributed by atoms with van der Waals surface area (Å²) in [5, 5.41) is 10.4. The Morgan fingerprint density at radius 2 is 1.79 bits per heavy atom. The molecule has 0 unspecified atom stereocenters. The van der Waals surface area contributed by atoms with Crippen LogP contribution in [0.3, 0.4) is 0 Å². The molecule has 142 valence electrons. The minimum absolute atomic E-state index is 0.355. The third kappa shape index (κ3) is 3.43. The Hall–Kier alpha value is -3.35. The summed E-state index contributed by atoms with van der Waals surface area (Å²) in [6.45, 7) is 0. The van der Waals surface area contributed by atoms with E-state index in [4.69, 9.17) is 0 Å². The highest BCUT2D eigenvalue weighted by Crippen LogP contribution is 2.33. The Balaban J connectivity index is 1.73. The van der Waals surface area contributed by atoms with Gasteiger partial charge in [-0.05, 0) is 18.2 Å². The molecule has 3 aromatic rings. The van der Waals surface area contributed by atoms with E-state index in [1.54, 1.807) is 23.1 Å². The first-order valence-electron chi connectivity index (χ1n) is 8.72. The monoisotopic (exact) mass is 382 g/mol. The normalized spacial score (nSPS) is 14.3. The average molecular weight is 382 g/mol. The minimum Gasteiger partial charge on any atom is -0.267 e. The van der Waals surface area contributed by atoms with Gasteiger partial charge in [0.25, 0.3) is 0 Å². The van der Waals surface area contributed by atoms with Crippen molar-refractivity contribution in [2.45, 2.75) is 12.6 Å². The lowest BCUT2D eigenvalue weighted by Crippen LogP contribution is -2.18. The Labute approximate surface area is 160 Å². The van der Waals surface area contributed by atoms with E-state index in [9.17, 15) is 13.2 Å². The van der Waals surface area contributed by atoms with Crippen LogP contribution in [0.4, 0.5) is 18.9 Å². The minimum atomic E-state index is -4.40. The largest absolute Gasteiger partial charge is 0.416 e.